The Morgan fingerprint density at radius 3 is 2.79 bits per heavy atom. The zero-order valence-electron chi connectivity index (χ0n) is 15.5. The summed E-state index contributed by atoms with van der Waals surface area (Å²) in [6.45, 7) is 2.53. The summed E-state index contributed by atoms with van der Waals surface area (Å²) in [7, 11) is -1.28. The lowest BCUT2D eigenvalue weighted by molar-refractivity contribution is 0.614. The van der Waals surface area contributed by atoms with Crippen molar-refractivity contribution in [3.63, 3.8) is 0 Å². The Balaban J connectivity index is 1.53. The molecular formula is C21H17N5O2S. The minimum absolute atomic E-state index is 0.438. The lowest BCUT2D eigenvalue weighted by atomic mass is 10.1. The molecule has 2 aromatic carbocycles. The largest absolute Gasteiger partial charge is 0.434 e. The molecule has 0 amide bonds. The number of aromatic amines is 1. The minimum Gasteiger partial charge on any atom is -0.434 e. The van der Waals surface area contributed by atoms with Crippen LogP contribution in [0.15, 0.2) is 70.2 Å². The van der Waals surface area contributed by atoms with E-state index < -0.39 is 11.0 Å². The lowest BCUT2D eigenvalue weighted by Gasteiger charge is -2.05. The molecule has 5 aromatic rings. The minimum atomic E-state index is -1.28. The molecule has 29 heavy (non-hydrogen) atoms. The Hall–Kier alpha value is -3.36. The Labute approximate surface area is 168 Å². The molecule has 0 aliphatic rings. The molecule has 0 bridgehead atoms. The van der Waals surface area contributed by atoms with Gasteiger partial charge in [0, 0.05) is 24.5 Å². The summed E-state index contributed by atoms with van der Waals surface area (Å²) in [5, 5.41) is 0. The SMILES string of the molecule is CCNS(=O)c1cncc(-c2ccc3nc(-c4nc5ccccc5[nH]4)oc3c2)c1. The van der Waals surface area contributed by atoms with E-state index in [0.29, 0.717) is 28.7 Å². The van der Waals surface area contributed by atoms with E-state index in [1.807, 2.05) is 55.5 Å². The molecule has 0 aliphatic carbocycles. The molecule has 3 aromatic heterocycles. The van der Waals surface area contributed by atoms with Crippen LogP contribution in [0.1, 0.15) is 6.92 Å². The Morgan fingerprint density at radius 2 is 1.93 bits per heavy atom. The highest BCUT2D eigenvalue weighted by molar-refractivity contribution is 7.83. The molecule has 0 radical (unpaired) electrons. The van der Waals surface area contributed by atoms with E-state index in [2.05, 4.69) is 24.7 Å². The van der Waals surface area contributed by atoms with Crippen molar-refractivity contribution in [2.75, 3.05) is 6.54 Å². The van der Waals surface area contributed by atoms with Crippen LogP contribution in [-0.2, 0) is 11.0 Å². The molecule has 0 aliphatic heterocycles. The van der Waals surface area contributed by atoms with E-state index in [-0.39, 0.29) is 0 Å². The van der Waals surface area contributed by atoms with E-state index in [1.165, 1.54) is 0 Å². The van der Waals surface area contributed by atoms with Crippen LogP contribution in [0, 0.1) is 0 Å². The summed E-state index contributed by atoms with van der Waals surface area (Å²) in [5.74, 6) is 1.03. The summed E-state index contributed by atoms with van der Waals surface area (Å²) in [6.07, 6.45) is 3.35. The van der Waals surface area contributed by atoms with Crippen LogP contribution in [0.25, 0.3) is 45.0 Å². The van der Waals surface area contributed by atoms with E-state index in [9.17, 15) is 4.21 Å². The standard InChI is InChI=1S/C21H17N5O2S/c1-2-23-29(27)15-9-14(11-22-12-15)13-7-8-18-19(10-13)28-21(26-18)20-24-16-5-3-4-6-17(16)25-20/h3-12,23H,2H2,1H3,(H,24,25). The van der Waals surface area contributed by atoms with Crippen molar-refractivity contribution in [2.45, 2.75) is 11.8 Å². The fourth-order valence-electron chi connectivity index (χ4n) is 3.15. The number of nitrogens with zero attached hydrogens (tertiary/aromatic N) is 3. The number of aromatic nitrogens is 4. The van der Waals surface area contributed by atoms with Gasteiger partial charge in [-0.1, -0.05) is 25.1 Å². The number of fused-ring (bicyclic) bond motifs is 2. The van der Waals surface area contributed by atoms with Crippen LogP contribution in [0.3, 0.4) is 0 Å². The second-order valence-corrected chi connectivity index (χ2v) is 7.78. The summed E-state index contributed by atoms with van der Waals surface area (Å²) in [5.41, 5.74) is 4.95. The van der Waals surface area contributed by atoms with E-state index in [0.717, 1.165) is 27.7 Å². The Morgan fingerprint density at radius 1 is 1.03 bits per heavy atom. The number of rotatable bonds is 5. The predicted octanol–water partition coefficient (Wildman–Crippen LogP) is 4.07. The van der Waals surface area contributed by atoms with Gasteiger partial charge in [0.1, 0.15) is 16.5 Å². The Bertz CT molecular complexity index is 1320. The lowest BCUT2D eigenvalue weighted by Crippen LogP contribution is -2.16. The van der Waals surface area contributed by atoms with Gasteiger partial charge in [-0.05, 0) is 35.9 Å². The molecule has 1 atom stereocenters. The number of pyridine rings is 1. The van der Waals surface area contributed by atoms with Gasteiger partial charge in [-0.25, -0.2) is 18.9 Å². The van der Waals surface area contributed by atoms with Gasteiger partial charge in [-0.15, -0.1) is 0 Å². The van der Waals surface area contributed by atoms with Gasteiger partial charge < -0.3 is 9.40 Å². The number of hydrogen-bond donors (Lipinski definition) is 2. The number of hydrogen-bond acceptors (Lipinski definition) is 5. The van der Waals surface area contributed by atoms with Crippen LogP contribution in [0.4, 0.5) is 0 Å². The fourth-order valence-corrected chi connectivity index (χ4v) is 3.97. The number of H-pyrrole nitrogens is 1. The average Bonchev–Trinajstić information content (AvgIpc) is 3.37. The van der Waals surface area contributed by atoms with Gasteiger partial charge in [0.15, 0.2) is 11.4 Å². The first-order chi connectivity index (χ1) is 14.2. The smallest absolute Gasteiger partial charge is 0.264 e. The maximum atomic E-state index is 12.2. The topological polar surface area (TPSA) is 96.7 Å². The van der Waals surface area contributed by atoms with Crippen LogP contribution in [0.2, 0.25) is 0 Å². The summed E-state index contributed by atoms with van der Waals surface area (Å²) in [4.78, 5) is 17.2. The fraction of sp³-hybridized carbons (Fsp3) is 0.0952. The quantitative estimate of drug-likeness (QED) is 0.461. The average molecular weight is 403 g/mol. The predicted molar refractivity (Wildman–Crippen MR) is 112 cm³/mol. The third-order valence-electron chi connectivity index (χ3n) is 4.52. The molecule has 1 unspecified atom stereocenters. The molecule has 0 saturated carbocycles. The zero-order valence-corrected chi connectivity index (χ0v) is 16.4. The summed E-state index contributed by atoms with van der Waals surface area (Å²) >= 11 is 0. The summed E-state index contributed by atoms with van der Waals surface area (Å²) in [6, 6.07) is 15.4. The van der Waals surface area contributed by atoms with Crippen LogP contribution >= 0.6 is 0 Å². The van der Waals surface area contributed by atoms with Crippen LogP contribution in [0.5, 0.6) is 0 Å². The number of imidazole rings is 1. The van der Waals surface area contributed by atoms with Gasteiger partial charge in [-0.3, -0.25) is 4.98 Å². The highest BCUT2D eigenvalue weighted by Crippen LogP contribution is 2.28. The third-order valence-corrected chi connectivity index (χ3v) is 5.72. The van der Waals surface area contributed by atoms with Crippen molar-refractivity contribution >= 4 is 33.1 Å². The van der Waals surface area contributed by atoms with Gasteiger partial charge >= 0.3 is 0 Å². The summed E-state index contributed by atoms with van der Waals surface area (Å²) < 4.78 is 21.1. The van der Waals surface area contributed by atoms with Gasteiger partial charge in [0.05, 0.1) is 15.9 Å². The molecule has 0 fully saturated rings. The number of oxazole rings is 1. The second kappa shape index (κ2) is 7.23. The van der Waals surface area contributed by atoms with Gasteiger partial charge in [0.2, 0.25) is 0 Å². The maximum absolute atomic E-state index is 12.2. The van der Waals surface area contributed by atoms with Crippen LogP contribution in [-0.4, -0.2) is 30.7 Å². The van der Waals surface area contributed by atoms with Crippen molar-refractivity contribution in [2.24, 2.45) is 0 Å². The highest BCUT2D eigenvalue weighted by Gasteiger charge is 2.14. The number of benzene rings is 2. The monoisotopic (exact) mass is 403 g/mol. The number of para-hydroxylation sites is 2. The van der Waals surface area contributed by atoms with E-state index in [1.54, 1.807) is 12.4 Å². The van der Waals surface area contributed by atoms with Crippen molar-refractivity contribution in [3.8, 4) is 22.8 Å². The number of nitrogens with one attached hydrogen (secondary N) is 2. The van der Waals surface area contributed by atoms with Gasteiger partial charge in [-0.2, -0.15) is 0 Å². The molecule has 2 N–H and O–H groups in total. The zero-order chi connectivity index (χ0) is 19.8. The van der Waals surface area contributed by atoms with E-state index >= 15 is 0 Å². The normalized spacial score (nSPS) is 12.6. The molecule has 0 spiro atoms. The molecular weight excluding hydrogens is 386 g/mol. The highest BCUT2D eigenvalue weighted by atomic mass is 32.2. The molecule has 5 rings (SSSR count). The maximum Gasteiger partial charge on any atom is 0.264 e. The van der Waals surface area contributed by atoms with Crippen molar-refractivity contribution in [1.82, 2.24) is 24.7 Å². The van der Waals surface area contributed by atoms with Crippen LogP contribution < -0.4 is 4.72 Å². The molecule has 8 heteroatoms. The van der Waals surface area contributed by atoms with Crippen molar-refractivity contribution < 1.29 is 8.63 Å². The molecule has 144 valence electrons. The van der Waals surface area contributed by atoms with Crippen molar-refractivity contribution in [3.05, 3.63) is 60.9 Å². The third kappa shape index (κ3) is 3.32. The first kappa shape index (κ1) is 17.7. The molecule has 0 saturated heterocycles. The molecule has 7 nitrogen and oxygen atoms in total. The first-order valence-corrected chi connectivity index (χ1v) is 10.3. The van der Waals surface area contributed by atoms with Gasteiger partial charge in [0.25, 0.3) is 5.89 Å². The Kier molecular flexibility index (Phi) is 4.42. The molecule has 3 heterocycles. The second-order valence-electron chi connectivity index (χ2n) is 6.48. The van der Waals surface area contributed by atoms with E-state index in [4.69, 9.17) is 4.42 Å². The van der Waals surface area contributed by atoms with Crippen molar-refractivity contribution in [1.29, 1.82) is 0 Å². The first-order valence-electron chi connectivity index (χ1n) is 9.17.